The van der Waals surface area contributed by atoms with Crippen LogP contribution in [0.4, 0.5) is 34.5 Å². The van der Waals surface area contributed by atoms with Crippen molar-refractivity contribution in [3.8, 4) is 11.8 Å². The Bertz CT molecular complexity index is 6380. The van der Waals surface area contributed by atoms with E-state index >= 15 is 0 Å². The van der Waals surface area contributed by atoms with Gasteiger partial charge >= 0.3 is 48.2 Å². The number of rotatable bonds is 22. The number of aromatic nitrogens is 15. The van der Waals surface area contributed by atoms with E-state index in [0.29, 0.717) is 49.1 Å². The fraction of sp³-hybridized carbons (Fsp3) is 0.544. The maximum atomic E-state index is 12.6. The van der Waals surface area contributed by atoms with Crippen LogP contribution in [0.15, 0.2) is 48.6 Å². The van der Waals surface area contributed by atoms with Crippen LogP contribution in [-0.2, 0) is 60.7 Å². The summed E-state index contributed by atoms with van der Waals surface area (Å²) in [5, 5.41) is 129. The number of anilines is 5. The van der Waals surface area contributed by atoms with E-state index in [1.165, 1.54) is 24.6 Å². The van der Waals surface area contributed by atoms with Crippen molar-refractivity contribution < 1.29 is 137 Å². The van der Waals surface area contributed by atoms with Crippen LogP contribution in [-0.4, -0.2) is 295 Å². The van der Waals surface area contributed by atoms with Crippen molar-refractivity contribution in [1.82, 2.24) is 78.0 Å². The number of aromatic amines is 1. The van der Waals surface area contributed by atoms with Crippen molar-refractivity contribution in [2.24, 2.45) is 17.6 Å². The number of hydrogen-bond donors (Lipinski definition) is 21. The first kappa shape index (κ1) is 97.8. The number of fused-ring (bicyclic) bond motifs is 5. The van der Waals surface area contributed by atoms with E-state index in [1.54, 1.807) is 27.7 Å². The molecule has 0 aliphatic carbocycles. The van der Waals surface area contributed by atoms with Crippen LogP contribution in [0, 0.1) is 18.8 Å². The van der Waals surface area contributed by atoms with Gasteiger partial charge in [0, 0.05) is 12.8 Å². The number of amides is 1. The molecule has 0 radical (unpaired) electrons. The number of aliphatic hydroxyl groups excluding tert-OH is 13. The number of carbonyl (C=O) groups is 3. The lowest BCUT2D eigenvalue weighted by atomic mass is 10.0. The molecule has 11 aromatic rings. The van der Waals surface area contributed by atoms with Crippen LogP contribution in [0.3, 0.4) is 0 Å². The summed E-state index contributed by atoms with van der Waals surface area (Å²) >= 11 is 3.73. The number of nitrogens with two attached hydrogens (primary N) is 6. The number of aliphatic hydroxyl groups is 13. The average Bonchev–Trinajstić information content (AvgIpc) is 1.61. The summed E-state index contributed by atoms with van der Waals surface area (Å²) in [5.74, 6) is -3.02. The predicted octanol–water partition coefficient (Wildman–Crippen LogP) is -8.08. The van der Waals surface area contributed by atoms with Gasteiger partial charge in [-0.25, -0.2) is 19.6 Å². The number of nitrogens with zero attached hydrogens (tertiary/aromatic N) is 14. The Kier molecular flexibility index (Phi) is 30.8. The van der Waals surface area contributed by atoms with Gasteiger partial charge in [-0.1, -0.05) is 77.5 Å². The molecule has 27 N–H and O–H groups in total. The van der Waals surface area contributed by atoms with E-state index in [2.05, 4.69) is 55.2 Å². The highest BCUT2D eigenvalue weighted by Gasteiger charge is 2.51. The first-order valence-corrected chi connectivity index (χ1v) is 42.5. The van der Waals surface area contributed by atoms with Crippen LogP contribution in [0.25, 0.3) is 51.7 Å². The Balaban J connectivity index is 0.000000148. The van der Waals surface area contributed by atoms with Gasteiger partial charge in [0.05, 0.1) is 67.0 Å². The largest absolute Gasteiger partial charge is 0.519 e. The Hall–Kier alpha value is -11.3. The fourth-order valence-corrected chi connectivity index (χ4v) is 17.9. The van der Waals surface area contributed by atoms with Crippen molar-refractivity contribution >= 4 is 156 Å². The molecule has 5 saturated heterocycles. The zero-order valence-electron chi connectivity index (χ0n) is 68.2. The summed E-state index contributed by atoms with van der Waals surface area (Å²) in [5.41, 5.74) is 33.7. The third-order valence-corrected chi connectivity index (χ3v) is 24.7. The number of aryl methyl sites for hydroxylation is 1. The molecule has 16 heterocycles. The minimum absolute atomic E-state index is 0.00211. The van der Waals surface area contributed by atoms with E-state index in [1.807, 2.05) is 0 Å². The molecule has 21 atom stereocenters. The minimum atomic E-state index is -1.53. The molecule has 708 valence electrons. The quantitative estimate of drug-likeness (QED) is 0.0170. The Morgan fingerprint density at radius 3 is 1.40 bits per heavy atom. The number of ether oxygens (including phenoxy) is 10. The second kappa shape index (κ2) is 41.0. The highest BCUT2D eigenvalue weighted by Crippen LogP contribution is 2.41. The lowest BCUT2D eigenvalue weighted by Gasteiger charge is -2.21. The standard InChI is InChI=1S/C15H21N5O7S.C15H16N4O9S.C14H19N5O8S.C13H16N4O5S.C11H14N4O6S/c1-4(2)6(16)13(24)26-3-5-7(21)8(22)12(27-5)20-10-9(28-15(20)25)11(23)19-14(17)18-10;1-4-6(28-15(24)26-4)3-25-11-9-10(17-13(16)18-11)19(14(23)29-9)12-8(22)7(21)5(2-20)27-12;1-2-25-13(23)16-4-26-10-8-9(17-12(15)18-10)19(14(24)28-8)11-7(22)6(21)5(3-20)27-11;1-5-7(4-18)22-11(9(5)21-6(2)19)17-10-8(23-13(17)20)3-15-12(14)16-10;12-10-13-3(1-16)7-8(14-10)15(11(20)22-7)9-6(19)5(18)4(2-17)21-9/h4-8,12,21-22H,3,16H2,1-2H3,(H3,17,18,19,23);5,7-8,12,20-22H,2-3H2,1H3,(H2,16,17,18);5-7,11,20-22H,2-4H2,1H3,(H,16,23)(H2,15,17,18);3,5,7,9,11,18H,4H2,1-2H3,(H2,14,15,16);4-6,9,16-19H,1-2H2,(H2,12,13,14)/t5-,6+,7-,8-,12-;5-,7-,8-,12-;5-,6-,7-,11-;5-,7-,9-,11-;4-,5-,6-,9-/m11111/s1. The third kappa shape index (κ3) is 20.1. The molecule has 0 saturated carbocycles. The molecular formula is C68H86N22O35S5. The maximum absolute atomic E-state index is 12.6. The maximum Gasteiger partial charge on any atom is 0.519 e. The van der Waals surface area contributed by atoms with Crippen LogP contribution in [0.5, 0.6) is 11.8 Å². The van der Waals surface area contributed by atoms with Crippen LogP contribution in [0.2, 0.25) is 0 Å². The molecular weight excluding hydrogens is 1850 g/mol. The lowest BCUT2D eigenvalue weighted by Crippen LogP contribution is -2.40. The van der Waals surface area contributed by atoms with Crippen molar-refractivity contribution in [1.29, 1.82) is 0 Å². The summed E-state index contributed by atoms with van der Waals surface area (Å²) in [6.45, 7) is 6.75. The van der Waals surface area contributed by atoms with Crippen molar-refractivity contribution in [3.05, 3.63) is 92.7 Å². The molecule has 5 fully saturated rings. The molecule has 0 spiro atoms. The number of nitrogens with one attached hydrogen (secondary N) is 2. The molecule has 130 heavy (non-hydrogen) atoms. The normalized spacial score (nSPS) is 26.0. The highest BCUT2D eigenvalue weighted by atomic mass is 32.1. The van der Waals surface area contributed by atoms with Crippen molar-refractivity contribution in [3.63, 3.8) is 0 Å². The zero-order valence-corrected chi connectivity index (χ0v) is 72.3. The second-order valence-corrected chi connectivity index (χ2v) is 33.7. The van der Waals surface area contributed by atoms with E-state index in [-0.39, 0.29) is 145 Å². The number of alkyl carbamates (subject to hydrolysis) is 1. The van der Waals surface area contributed by atoms with E-state index in [9.17, 15) is 109 Å². The molecule has 11 aromatic heterocycles. The molecule has 0 unspecified atom stereocenters. The first-order valence-electron chi connectivity index (χ1n) is 38.4. The van der Waals surface area contributed by atoms with Crippen LogP contribution < -0.4 is 84.9 Å². The number of nitrogen functional groups attached to an aromatic ring is 5. The van der Waals surface area contributed by atoms with Gasteiger partial charge in [-0.3, -0.25) is 71.5 Å². The summed E-state index contributed by atoms with van der Waals surface area (Å²) in [4.78, 5) is 155. The van der Waals surface area contributed by atoms with Gasteiger partial charge in [-0.15, -0.1) is 0 Å². The van der Waals surface area contributed by atoms with Gasteiger partial charge in [0.25, 0.3) is 5.56 Å². The average molecular weight is 1930 g/mol. The molecule has 5 aliphatic rings. The molecule has 0 aromatic carbocycles. The number of hydrogen-bond acceptors (Lipinski definition) is 55. The van der Waals surface area contributed by atoms with Gasteiger partial charge < -0.3 is 157 Å². The lowest BCUT2D eigenvalue weighted by molar-refractivity contribution is -0.154. The third-order valence-electron chi connectivity index (χ3n) is 20.1. The minimum Gasteiger partial charge on any atom is -0.468 e. The van der Waals surface area contributed by atoms with Gasteiger partial charge in [-0.05, 0) is 19.8 Å². The van der Waals surface area contributed by atoms with Crippen molar-refractivity contribution in [2.45, 2.75) is 177 Å². The number of H-pyrrole nitrogens is 1. The molecule has 57 nitrogen and oxygen atoms in total. The van der Waals surface area contributed by atoms with E-state index in [4.69, 9.17) is 95.7 Å². The summed E-state index contributed by atoms with van der Waals surface area (Å²) in [6.07, 6.45) is -22.2. The predicted molar refractivity (Wildman–Crippen MR) is 446 cm³/mol. The molecule has 1 amide bonds. The van der Waals surface area contributed by atoms with Crippen LogP contribution in [0.1, 0.15) is 83.0 Å². The molecule has 62 heteroatoms. The van der Waals surface area contributed by atoms with Crippen LogP contribution >= 0.6 is 56.7 Å². The monoisotopic (exact) mass is 1930 g/mol. The highest BCUT2D eigenvalue weighted by molar-refractivity contribution is 7.17. The Morgan fingerprint density at radius 1 is 0.523 bits per heavy atom. The number of esters is 2. The van der Waals surface area contributed by atoms with E-state index < -0.39 is 198 Å². The van der Waals surface area contributed by atoms with Gasteiger partial charge in [0.1, 0.15) is 100.0 Å². The Labute approximate surface area is 742 Å². The molecule has 5 aliphatic heterocycles. The second-order valence-electron chi connectivity index (χ2n) is 28.9. The number of carbonyl (C=O) groups excluding carboxylic acids is 3. The first-order chi connectivity index (χ1) is 61.7. The Morgan fingerprint density at radius 2 is 0.946 bits per heavy atom. The van der Waals surface area contributed by atoms with Gasteiger partial charge in [-0.2, -0.15) is 34.9 Å². The summed E-state index contributed by atoms with van der Waals surface area (Å²) < 4.78 is 69.6. The zero-order chi connectivity index (χ0) is 94.8. The van der Waals surface area contributed by atoms with Gasteiger partial charge in [0.15, 0.2) is 90.3 Å². The summed E-state index contributed by atoms with van der Waals surface area (Å²) in [6, 6.07) is -0.846. The smallest absolute Gasteiger partial charge is 0.468 e. The SMILES string of the molecule is CC(=O)O[C@@H]1[C@H](C)[C@@H](CO)O[C@H]1n1c(=O)sc2cnc(N)nc21.CC(C)[C@H](N)C(=O)OC[C@H]1O[C@@H](n2c(=O)sc3c(=O)[nH]c(N)nc32)[C@H](O)[C@@H]1O.CCOC(=O)NCOc1nc(N)nc2c1sc(=O)n2[C@@H]1O[C@H](CO)[C@@H](O)[C@H]1O.Cc1oc(=O)oc1COc1nc(N)nc2c1sc(=O)n2[C@@H]1O[C@H](CO)[C@@H](O)[C@H]1O.Nc1nc(CO)c2sc(=O)n([C@@H]3O[C@H](CO)[C@@H](O)[C@H]3O)c2n1. The molecule has 16 rings (SSSR count). The fourth-order valence-electron chi connectivity index (χ4n) is 13.5. The topological polar surface area (TPSA) is 877 Å². The van der Waals surface area contributed by atoms with E-state index in [0.717, 1.165) is 40.9 Å². The van der Waals surface area contributed by atoms with Gasteiger partial charge in [0.2, 0.25) is 41.5 Å². The molecule has 0 bridgehead atoms. The summed E-state index contributed by atoms with van der Waals surface area (Å²) in [7, 11) is 0. The number of thiazole rings is 5. The van der Waals surface area contributed by atoms with Crippen molar-refractivity contribution in [2.75, 3.05) is 75.0 Å².